The van der Waals surface area contributed by atoms with Gasteiger partial charge < -0.3 is 5.32 Å². The third-order valence-electron chi connectivity index (χ3n) is 3.89. The van der Waals surface area contributed by atoms with Crippen molar-refractivity contribution in [1.82, 2.24) is 16.2 Å². The summed E-state index contributed by atoms with van der Waals surface area (Å²) in [5.41, 5.74) is 7.44. The standard InChI is InChI=1S/C9H17N3/c1-2-6-9(11-12-9)8(4-1)5-3-7-10-8/h10-12H,1-7H2. The Labute approximate surface area is 73.3 Å². The van der Waals surface area contributed by atoms with Crippen LogP contribution in [0, 0.1) is 0 Å². The molecule has 3 fully saturated rings. The molecule has 3 aliphatic rings. The van der Waals surface area contributed by atoms with Gasteiger partial charge in [0, 0.05) is 0 Å². The monoisotopic (exact) mass is 167 g/mol. The lowest BCUT2D eigenvalue weighted by Gasteiger charge is -2.39. The van der Waals surface area contributed by atoms with Gasteiger partial charge in [0.2, 0.25) is 0 Å². The Balaban J connectivity index is 1.89. The van der Waals surface area contributed by atoms with E-state index in [1.807, 2.05) is 0 Å². The smallest absolute Gasteiger partial charge is 0.112 e. The SMILES string of the molecule is C1CCC2(NN2)C2(C1)CCCN2. The van der Waals surface area contributed by atoms with Crippen molar-refractivity contribution >= 4 is 0 Å². The van der Waals surface area contributed by atoms with E-state index in [1.165, 1.54) is 45.1 Å². The Kier molecular flexibility index (Phi) is 1.35. The third kappa shape index (κ3) is 0.767. The van der Waals surface area contributed by atoms with Gasteiger partial charge in [0.15, 0.2) is 0 Å². The Bertz CT molecular complexity index is 192. The maximum atomic E-state index is 3.70. The normalized spacial score (nSPS) is 44.0. The van der Waals surface area contributed by atoms with Crippen LogP contribution >= 0.6 is 0 Å². The summed E-state index contributed by atoms with van der Waals surface area (Å²) >= 11 is 0. The molecule has 0 radical (unpaired) electrons. The summed E-state index contributed by atoms with van der Waals surface area (Å²) in [6.45, 7) is 1.21. The summed E-state index contributed by atoms with van der Waals surface area (Å²) in [6.07, 6.45) is 8.15. The summed E-state index contributed by atoms with van der Waals surface area (Å²) in [6, 6.07) is 0. The second-order valence-corrected chi connectivity index (χ2v) is 4.47. The van der Waals surface area contributed by atoms with Gasteiger partial charge >= 0.3 is 0 Å². The summed E-state index contributed by atoms with van der Waals surface area (Å²) in [5, 5.41) is 3.70. The summed E-state index contributed by atoms with van der Waals surface area (Å²) in [5.74, 6) is 0. The van der Waals surface area contributed by atoms with Crippen molar-refractivity contribution in [1.29, 1.82) is 0 Å². The highest BCUT2D eigenvalue weighted by Crippen LogP contribution is 2.44. The average molecular weight is 167 g/mol. The second-order valence-electron chi connectivity index (χ2n) is 4.47. The third-order valence-corrected chi connectivity index (χ3v) is 3.89. The number of hydrazine groups is 1. The van der Waals surface area contributed by atoms with Crippen LogP contribution in [-0.4, -0.2) is 17.7 Å². The first-order valence-electron chi connectivity index (χ1n) is 5.16. The van der Waals surface area contributed by atoms with E-state index in [0.29, 0.717) is 11.2 Å². The maximum absolute atomic E-state index is 3.70. The molecular weight excluding hydrogens is 150 g/mol. The molecule has 2 saturated heterocycles. The molecule has 1 atom stereocenters. The Morgan fingerprint density at radius 3 is 2.25 bits per heavy atom. The Morgan fingerprint density at radius 2 is 1.58 bits per heavy atom. The molecule has 1 saturated carbocycles. The van der Waals surface area contributed by atoms with Crippen LogP contribution in [0.4, 0.5) is 0 Å². The zero-order valence-electron chi connectivity index (χ0n) is 7.45. The first-order chi connectivity index (χ1) is 5.87. The van der Waals surface area contributed by atoms with Gasteiger partial charge in [0.05, 0.1) is 5.54 Å². The molecule has 1 unspecified atom stereocenters. The molecule has 2 heterocycles. The van der Waals surface area contributed by atoms with Gasteiger partial charge in [-0.25, -0.2) is 10.9 Å². The van der Waals surface area contributed by atoms with E-state index < -0.39 is 0 Å². The molecule has 0 aromatic heterocycles. The number of nitrogens with one attached hydrogen (secondary N) is 3. The van der Waals surface area contributed by atoms with E-state index in [0.717, 1.165) is 0 Å². The van der Waals surface area contributed by atoms with E-state index in [9.17, 15) is 0 Å². The van der Waals surface area contributed by atoms with Crippen LogP contribution in [-0.2, 0) is 0 Å². The minimum Gasteiger partial charge on any atom is -0.308 e. The minimum atomic E-state index is 0.293. The van der Waals surface area contributed by atoms with Crippen LogP contribution in [0.3, 0.4) is 0 Å². The highest BCUT2D eigenvalue weighted by molar-refractivity contribution is 5.18. The lowest BCUT2D eigenvalue weighted by Crippen LogP contribution is -2.57. The van der Waals surface area contributed by atoms with Gasteiger partial charge in [-0.15, -0.1) is 0 Å². The number of fused-ring (bicyclic) bond motifs is 1. The first kappa shape index (κ1) is 7.30. The summed E-state index contributed by atoms with van der Waals surface area (Å²) in [7, 11) is 0. The lowest BCUT2D eigenvalue weighted by molar-refractivity contribution is 0.191. The molecule has 3 N–H and O–H groups in total. The van der Waals surface area contributed by atoms with Gasteiger partial charge in [-0.3, -0.25) is 0 Å². The van der Waals surface area contributed by atoms with Crippen molar-refractivity contribution in [2.24, 2.45) is 0 Å². The highest BCUT2D eigenvalue weighted by Gasteiger charge is 2.60. The zero-order valence-corrected chi connectivity index (χ0v) is 7.45. The molecule has 3 nitrogen and oxygen atoms in total. The van der Waals surface area contributed by atoms with Gasteiger partial charge in [-0.05, 0) is 32.2 Å². The Morgan fingerprint density at radius 1 is 0.833 bits per heavy atom. The van der Waals surface area contributed by atoms with Gasteiger partial charge in [0.1, 0.15) is 5.66 Å². The minimum absolute atomic E-state index is 0.293. The topological polar surface area (TPSA) is 55.9 Å². The molecule has 1 aliphatic carbocycles. The van der Waals surface area contributed by atoms with Crippen LogP contribution in [0.15, 0.2) is 0 Å². The van der Waals surface area contributed by atoms with E-state index in [4.69, 9.17) is 0 Å². The fourth-order valence-electron chi connectivity index (χ4n) is 3.09. The average Bonchev–Trinajstić information content (AvgIpc) is 2.73. The van der Waals surface area contributed by atoms with Crippen molar-refractivity contribution in [3.63, 3.8) is 0 Å². The molecule has 12 heavy (non-hydrogen) atoms. The molecule has 0 bridgehead atoms. The molecule has 2 spiro atoms. The predicted molar refractivity (Wildman–Crippen MR) is 47.4 cm³/mol. The van der Waals surface area contributed by atoms with Crippen molar-refractivity contribution in [3.8, 4) is 0 Å². The van der Waals surface area contributed by atoms with E-state index >= 15 is 0 Å². The van der Waals surface area contributed by atoms with Gasteiger partial charge in [0.25, 0.3) is 0 Å². The maximum Gasteiger partial charge on any atom is 0.112 e. The molecule has 0 amide bonds. The fourth-order valence-corrected chi connectivity index (χ4v) is 3.09. The number of rotatable bonds is 0. The van der Waals surface area contributed by atoms with Gasteiger partial charge in [-0.1, -0.05) is 12.8 Å². The van der Waals surface area contributed by atoms with Crippen LogP contribution in [0.2, 0.25) is 0 Å². The van der Waals surface area contributed by atoms with E-state index in [-0.39, 0.29) is 0 Å². The van der Waals surface area contributed by atoms with Crippen LogP contribution in [0.1, 0.15) is 38.5 Å². The Hall–Kier alpha value is -0.120. The molecule has 2 aliphatic heterocycles. The summed E-state index contributed by atoms with van der Waals surface area (Å²) < 4.78 is 0. The van der Waals surface area contributed by atoms with E-state index in [1.54, 1.807) is 0 Å². The van der Waals surface area contributed by atoms with Crippen LogP contribution in [0.5, 0.6) is 0 Å². The summed E-state index contributed by atoms with van der Waals surface area (Å²) in [4.78, 5) is 0. The second kappa shape index (κ2) is 2.22. The zero-order chi connectivity index (χ0) is 8.07. The molecular formula is C9H17N3. The molecule has 3 rings (SSSR count). The van der Waals surface area contributed by atoms with Crippen LogP contribution < -0.4 is 16.2 Å². The number of hydrogen-bond acceptors (Lipinski definition) is 3. The highest BCUT2D eigenvalue weighted by atomic mass is 15.7. The molecule has 0 aromatic carbocycles. The van der Waals surface area contributed by atoms with Crippen molar-refractivity contribution in [2.45, 2.75) is 49.7 Å². The van der Waals surface area contributed by atoms with Gasteiger partial charge in [-0.2, -0.15) is 0 Å². The number of hydrogen-bond donors (Lipinski definition) is 3. The largest absolute Gasteiger partial charge is 0.308 e. The van der Waals surface area contributed by atoms with Crippen molar-refractivity contribution in [3.05, 3.63) is 0 Å². The molecule has 0 aromatic rings. The van der Waals surface area contributed by atoms with Crippen molar-refractivity contribution < 1.29 is 0 Å². The van der Waals surface area contributed by atoms with Crippen molar-refractivity contribution in [2.75, 3.05) is 6.54 Å². The van der Waals surface area contributed by atoms with Crippen LogP contribution in [0.25, 0.3) is 0 Å². The first-order valence-corrected chi connectivity index (χ1v) is 5.16. The van der Waals surface area contributed by atoms with E-state index in [2.05, 4.69) is 16.2 Å². The molecule has 3 heteroatoms. The lowest BCUT2D eigenvalue weighted by atomic mass is 9.74. The quantitative estimate of drug-likeness (QED) is 0.460. The molecule has 68 valence electrons. The predicted octanol–water partition coefficient (Wildman–Crippen LogP) is 0.487. The fraction of sp³-hybridized carbons (Fsp3) is 1.00.